The molecule has 0 radical (unpaired) electrons. The van der Waals surface area contributed by atoms with Gasteiger partial charge in [0, 0.05) is 19.0 Å². The summed E-state index contributed by atoms with van der Waals surface area (Å²) >= 11 is 0. The van der Waals surface area contributed by atoms with E-state index in [-0.39, 0.29) is 18.4 Å². The summed E-state index contributed by atoms with van der Waals surface area (Å²) in [7, 11) is 1.31. The van der Waals surface area contributed by atoms with E-state index >= 15 is 0 Å². The molecule has 0 spiro atoms. The van der Waals surface area contributed by atoms with Gasteiger partial charge >= 0.3 is 12.1 Å². The highest BCUT2D eigenvalue weighted by atomic mass is 19.3. The number of fused-ring (bicyclic) bond motifs is 1. The molecule has 0 bridgehead atoms. The Bertz CT molecular complexity index is 521. The van der Waals surface area contributed by atoms with Crippen molar-refractivity contribution in [3.8, 4) is 0 Å². The summed E-state index contributed by atoms with van der Waals surface area (Å²) in [5.41, 5.74) is -0.726. The molecule has 0 aliphatic carbocycles. The van der Waals surface area contributed by atoms with Gasteiger partial charge in [0.15, 0.2) is 0 Å². The zero-order valence-electron chi connectivity index (χ0n) is 15.6. The summed E-state index contributed by atoms with van der Waals surface area (Å²) in [6.45, 7) is 6.81. The number of halogens is 2. The standard InChI is InChI=1S/C17H28F2N2O4/c1-11(6-7-13(22)24-5)20-9-8-12-14(20)17(18,19)10-21(12)15(23)25-16(2,3)4/h11-12,14H,6-10H2,1-5H3/t11-,12-,14+/m0/s1. The second-order valence-electron chi connectivity index (χ2n) is 7.87. The van der Waals surface area contributed by atoms with Crippen molar-refractivity contribution >= 4 is 12.1 Å². The lowest BCUT2D eigenvalue weighted by atomic mass is 10.1. The van der Waals surface area contributed by atoms with E-state index in [4.69, 9.17) is 4.74 Å². The predicted molar refractivity (Wildman–Crippen MR) is 87.5 cm³/mol. The number of rotatable bonds is 4. The fourth-order valence-electron chi connectivity index (χ4n) is 3.70. The van der Waals surface area contributed by atoms with E-state index in [0.717, 1.165) is 0 Å². The molecular formula is C17H28F2N2O4. The molecule has 0 aromatic carbocycles. The van der Waals surface area contributed by atoms with Crippen molar-refractivity contribution in [1.29, 1.82) is 0 Å². The predicted octanol–water partition coefficient (Wildman–Crippen LogP) is 2.66. The third kappa shape index (κ3) is 4.40. The van der Waals surface area contributed by atoms with Gasteiger partial charge in [0.1, 0.15) is 5.60 Å². The first-order valence-corrected chi connectivity index (χ1v) is 8.66. The molecule has 25 heavy (non-hydrogen) atoms. The van der Waals surface area contributed by atoms with Crippen LogP contribution >= 0.6 is 0 Å². The van der Waals surface area contributed by atoms with Crippen molar-refractivity contribution < 1.29 is 27.8 Å². The minimum atomic E-state index is -3.00. The van der Waals surface area contributed by atoms with E-state index in [0.29, 0.717) is 19.4 Å². The SMILES string of the molecule is COC(=O)CC[C@H](C)N1CC[C@H]2[C@@H]1C(F)(F)CN2C(=O)OC(C)(C)C. The van der Waals surface area contributed by atoms with E-state index in [2.05, 4.69) is 4.74 Å². The van der Waals surface area contributed by atoms with E-state index in [1.807, 2.05) is 6.92 Å². The van der Waals surface area contributed by atoms with Crippen molar-refractivity contribution in [2.24, 2.45) is 0 Å². The molecule has 2 aliphatic heterocycles. The molecule has 6 nitrogen and oxygen atoms in total. The minimum Gasteiger partial charge on any atom is -0.469 e. The van der Waals surface area contributed by atoms with Crippen molar-refractivity contribution in [3.63, 3.8) is 0 Å². The molecule has 2 rings (SSSR count). The average Bonchev–Trinajstić information content (AvgIpc) is 3.03. The zero-order valence-corrected chi connectivity index (χ0v) is 15.6. The Morgan fingerprint density at radius 2 is 1.96 bits per heavy atom. The summed E-state index contributed by atoms with van der Waals surface area (Å²) in [5.74, 6) is -3.35. The van der Waals surface area contributed by atoms with E-state index in [1.165, 1.54) is 12.0 Å². The molecule has 0 unspecified atom stereocenters. The Morgan fingerprint density at radius 1 is 1.32 bits per heavy atom. The summed E-state index contributed by atoms with van der Waals surface area (Å²) in [6, 6.07) is -1.79. The third-order valence-electron chi connectivity index (χ3n) is 4.81. The van der Waals surface area contributed by atoms with Gasteiger partial charge in [-0.05, 0) is 40.5 Å². The molecule has 1 amide bonds. The first kappa shape index (κ1) is 19.9. The second kappa shape index (κ2) is 7.05. The van der Waals surface area contributed by atoms with Crippen LogP contribution in [0.2, 0.25) is 0 Å². The van der Waals surface area contributed by atoms with Gasteiger partial charge < -0.3 is 9.47 Å². The monoisotopic (exact) mass is 362 g/mol. The fourth-order valence-corrected chi connectivity index (χ4v) is 3.70. The van der Waals surface area contributed by atoms with Crippen molar-refractivity contribution in [2.75, 3.05) is 20.2 Å². The van der Waals surface area contributed by atoms with Crippen molar-refractivity contribution in [3.05, 3.63) is 0 Å². The van der Waals surface area contributed by atoms with Crippen molar-refractivity contribution in [1.82, 2.24) is 9.80 Å². The number of alkyl halides is 2. The molecule has 144 valence electrons. The molecule has 0 N–H and O–H groups in total. The van der Waals surface area contributed by atoms with Crippen LogP contribution in [0.3, 0.4) is 0 Å². The van der Waals surface area contributed by atoms with Crippen LogP contribution in [0.15, 0.2) is 0 Å². The summed E-state index contributed by atoms with van der Waals surface area (Å²) in [5, 5.41) is 0. The van der Waals surface area contributed by atoms with Crippen LogP contribution < -0.4 is 0 Å². The molecule has 2 aliphatic rings. The molecule has 8 heteroatoms. The van der Waals surface area contributed by atoms with Crippen LogP contribution in [0.5, 0.6) is 0 Å². The fraction of sp³-hybridized carbons (Fsp3) is 0.882. The maximum Gasteiger partial charge on any atom is 0.410 e. The molecule has 0 saturated carbocycles. The molecular weight excluding hydrogens is 334 g/mol. The molecule has 3 atom stereocenters. The van der Waals surface area contributed by atoms with Crippen LogP contribution in [0.25, 0.3) is 0 Å². The number of amides is 1. The lowest BCUT2D eigenvalue weighted by Gasteiger charge is -2.32. The lowest BCUT2D eigenvalue weighted by Crippen LogP contribution is -2.49. The van der Waals surface area contributed by atoms with Gasteiger partial charge in [0.2, 0.25) is 0 Å². The zero-order chi connectivity index (χ0) is 19.0. The number of esters is 1. The smallest absolute Gasteiger partial charge is 0.410 e. The van der Waals surface area contributed by atoms with Gasteiger partial charge in [-0.3, -0.25) is 14.6 Å². The summed E-state index contributed by atoms with van der Waals surface area (Å²) < 4.78 is 39.2. The van der Waals surface area contributed by atoms with Gasteiger partial charge in [0.25, 0.3) is 5.92 Å². The average molecular weight is 362 g/mol. The normalized spacial score (nSPS) is 27.1. The van der Waals surface area contributed by atoms with Crippen molar-refractivity contribution in [2.45, 2.75) is 76.6 Å². The first-order chi connectivity index (χ1) is 11.5. The highest BCUT2D eigenvalue weighted by Crippen LogP contribution is 2.43. The third-order valence-corrected chi connectivity index (χ3v) is 4.81. The number of hydrogen-bond donors (Lipinski definition) is 0. The lowest BCUT2D eigenvalue weighted by molar-refractivity contribution is -0.141. The van der Waals surface area contributed by atoms with E-state index in [9.17, 15) is 18.4 Å². The van der Waals surface area contributed by atoms with Crippen LogP contribution in [0.1, 0.15) is 47.0 Å². The Morgan fingerprint density at radius 3 is 2.52 bits per heavy atom. The number of likely N-dealkylation sites (tertiary alicyclic amines) is 2. The Hall–Kier alpha value is -1.44. The molecule has 2 saturated heterocycles. The van der Waals surface area contributed by atoms with Crippen LogP contribution in [0.4, 0.5) is 13.6 Å². The highest BCUT2D eigenvalue weighted by molar-refractivity contribution is 5.70. The molecule has 2 fully saturated rings. The topological polar surface area (TPSA) is 59.1 Å². The largest absolute Gasteiger partial charge is 0.469 e. The maximum absolute atomic E-state index is 14.6. The first-order valence-electron chi connectivity index (χ1n) is 8.66. The van der Waals surface area contributed by atoms with E-state index < -0.39 is 36.2 Å². The maximum atomic E-state index is 14.6. The number of carbonyl (C=O) groups is 2. The molecule has 2 heterocycles. The Balaban J connectivity index is 2.08. The minimum absolute atomic E-state index is 0.187. The van der Waals surface area contributed by atoms with Gasteiger partial charge in [-0.2, -0.15) is 0 Å². The quantitative estimate of drug-likeness (QED) is 0.720. The molecule has 0 aromatic heterocycles. The van der Waals surface area contributed by atoms with E-state index in [1.54, 1.807) is 25.7 Å². The van der Waals surface area contributed by atoms with Gasteiger partial charge in [0.05, 0.1) is 25.7 Å². The Kier molecular flexibility index (Phi) is 5.61. The second-order valence-corrected chi connectivity index (χ2v) is 7.87. The Labute approximate surface area is 147 Å². The van der Waals surface area contributed by atoms with Gasteiger partial charge in [-0.15, -0.1) is 0 Å². The van der Waals surface area contributed by atoms with Crippen LogP contribution in [-0.4, -0.2) is 71.7 Å². The number of ether oxygens (including phenoxy) is 2. The van der Waals surface area contributed by atoms with Gasteiger partial charge in [-0.25, -0.2) is 13.6 Å². The number of hydrogen-bond acceptors (Lipinski definition) is 5. The van der Waals surface area contributed by atoms with Gasteiger partial charge in [-0.1, -0.05) is 0 Å². The van der Waals surface area contributed by atoms with Crippen LogP contribution in [0, 0.1) is 0 Å². The number of nitrogens with zero attached hydrogens (tertiary/aromatic N) is 2. The number of carbonyl (C=O) groups excluding carboxylic acids is 2. The molecule has 0 aromatic rings. The summed E-state index contributed by atoms with van der Waals surface area (Å²) in [6.07, 6.45) is 0.414. The number of methoxy groups -OCH3 is 1. The van der Waals surface area contributed by atoms with Crippen LogP contribution in [-0.2, 0) is 14.3 Å². The summed E-state index contributed by atoms with van der Waals surface area (Å²) in [4.78, 5) is 26.5. The highest BCUT2D eigenvalue weighted by Gasteiger charge is 2.61.